The summed E-state index contributed by atoms with van der Waals surface area (Å²) >= 11 is 0. The van der Waals surface area contributed by atoms with Crippen molar-refractivity contribution in [1.82, 2.24) is 5.32 Å². The van der Waals surface area contributed by atoms with Crippen LogP contribution >= 0.6 is 0 Å². The van der Waals surface area contributed by atoms with Crippen LogP contribution in [0.25, 0.3) is 0 Å². The summed E-state index contributed by atoms with van der Waals surface area (Å²) in [6.07, 6.45) is 4.08. The van der Waals surface area contributed by atoms with E-state index in [2.05, 4.69) is 53.8 Å². The molecule has 114 valence electrons. The molecule has 1 heterocycles. The topological polar surface area (TPSA) is 32.3 Å². The molecule has 2 nitrogen and oxygen atoms in total. The second-order valence-corrected chi connectivity index (χ2v) is 6.60. The van der Waals surface area contributed by atoms with E-state index in [-0.39, 0.29) is 5.92 Å². The van der Waals surface area contributed by atoms with E-state index >= 15 is 0 Å². The fourth-order valence-corrected chi connectivity index (χ4v) is 4.31. The fourth-order valence-electron chi connectivity index (χ4n) is 4.31. The molecule has 1 aliphatic heterocycles. The Morgan fingerprint density at radius 1 is 0.818 bits per heavy atom. The summed E-state index contributed by atoms with van der Waals surface area (Å²) in [7, 11) is 0. The minimum atomic E-state index is -0.841. The standard InChI is InChI=1S/C20H23NO/c22-20(17-11-13-21-14-12-17)18-7-3-1-5-15(18)9-10-16-6-2-4-8-19(16)20/h1-8,17,21-22H,9-14H2. The van der Waals surface area contributed by atoms with Crippen molar-refractivity contribution in [2.75, 3.05) is 13.1 Å². The van der Waals surface area contributed by atoms with Crippen molar-refractivity contribution in [1.29, 1.82) is 0 Å². The Morgan fingerprint density at radius 3 is 1.86 bits per heavy atom. The number of hydrogen-bond acceptors (Lipinski definition) is 2. The van der Waals surface area contributed by atoms with Crippen LogP contribution in [-0.2, 0) is 18.4 Å². The Labute approximate surface area is 132 Å². The van der Waals surface area contributed by atoms with Crippen LogP contribution in [0.2, 0.25) is 0 Å². The van der Waals surface area contributed by atoms with Crippen LogP contribution in [0.1, 0.15) is 35.1 Å². The zero-order valence-electron chi connectivity index (χ0n) is 12.9. The molecule has 0 amide bonds. The van der Waals surface area contributed by atoms with E-state index in [0.29, 0.717) is 0 Å². The van der Waals surface area contributed by atoms with Gasteiger partial charge in [-0.15, -0.1) is 0 Å². The summed E-state index contributed by atoms with van der Waals surface area (Å²) in [6.45, 7) is 1.99. The van der Waals surface area contributed by atoms with E-state index < -0.39 is 5.60 Å². The molecular formula is C20H23NO. The van der Waals surface area contributed by atoms with E-state index in [1.807, 2.05) is 0 Å². The summed E-state index contributed by atoms with van der Waals surface area (Å²) < 4.78 is 0. The molecule has 2 aromatic rings. The van der Waals surface area contributed by atoms with Gasteiger partial charge in [-0.25, -0.2) is 0 Å². The third-order valence-corrected chi connectivity index (χ3v) is 5.45. The summed E-state index contributed by atoms with van der Waals surface area (Å²) in [5, 5.41) is 15.4. The molecule has 2 aromatic carbocycles. The highest BCUT2D eigenvalue weighted by molar-refractivity contribution is 5.48. The molecule has 0 saturated carbocycles. The second-order valence-electron chi connectivity index (χ2n) is 6.60. The lowest BCUT2D eigenvalue weighted by atomic mass is 9.71. The van der Waals surface area contributed by atoms with Crippen molar-refractivity contribution in [2.45, 2.75) is 31.3 Å². The molecule has 0 bridgehead atoms. The number of rotatable bonds is 1. The summed E-state index contributed by atoms with van der Waals surface area (Å²) in [5.41, 5.74) is 4.03. The monoisotopic (exact) mass is 293 g/mol. The molecule has 1 fully saturated rings. The van der Waals surface area contributed by atoms with Crippen LogP contribution in [0, 0.1) is 5.92 Å². The molecule has 0 radical (unpaired) electrons. The molecule has 0 atom stereocenters. The third kappa shape index (κ3) is 2.10. The van der Waals surface area contributed by atoms with Crippen LogP contribution in [0.15, 0.2) is 48.5 Å². The van der Waals surface area contributed by atoms with E-state index in [0.717, 1.165) is 49.9 Å². The molecule has 0 aromatic heterocycles. The van der Waals surface area contributed by atoms with Crippen LogP contribution in [0.3, 0.4) is 0 Å². The van der Waals surface area contributed by atoms with Gasteiger partial charge in [0.05, 0.1) is 0 Å². The van der Waals surface area contributed by atoms with Gasteiger partial charge in [0.1, 0.15) is 5.60 Å². The van der Waals surface area contributed by atoms with Gasteiger partial charge in [-0.3, -0.25) is 0 Å². The van der Waals surface area contributed by atoms with Crippen molar-refractivity contribution >= 4 is 0 Å². The first-order valence-corrected chi connectivity index (χ1v) is 8.40. The second kappa shape index (κ2) is 5.53. The number of aryl methyl sites for hydroxylation is 2. The van der Waals surface area contributed by atoms with Crippen molar-refractivity contribution < 1.29 is 5.11 Å². The zero-order chi connectivity index (χ0) is 15.0. The first kappa shape index (κ1) is 14.0. The maximum Gasteiger partial charge on any atom is 0.118 e. The molecule has 0 spiro atoms. The Balaban J connectivity index is 1.94. The van der Waals surface area contributed by atoms with Crippen LogP contribution in [-0.4, -0.2) is 18.2 Å². The lowest BCUT2D eigenvalue weighted by molar-refractivity contribution is 0.00185. The zero-order valence-corrected chi connectivity index (χ0v) is 12.9. The van der Waals surface area contributed by atoms with Crippen LogP contribution < -0.4 is 5.32 Å². The van der Waals surface area contributed by atoms with Gasteiger partial charge < -0.3 is 10.4 Å². The average molecular weight is 293 g/mol. The predicted octanol–water partition coefficient (Wildman–Crippen LogP) is 3.02. The largest absolute Gasteiger partial charge is 0.380 e. The highest BCUT2D eigenvalue weighted by Gasteiger charge is 2.43. The SMILES string of the molecule is OC1(C2CCNCC2)c2ccccc2CCc2ccccc21. The normalized spacial score (nSPS) is 20.8. The first-order valence-electron chi connectivity index (χ1n) is 8.40. The Kier molecular flexibility index (Phi) is 3.51. The average Bonchev–Trinajstić information content (AvgIpc) is 2.73. The Hall–Kier alpha value is -1.64. The molecule has 22 heavy (non-hydrogen) atoms. The Bertz CT molecular complexity index is 625. The van der Waals surface area contributed by atoms with E-state index in [1.54, 1.807) is 0 Å². The van der Waals surface area contributed by atoms with Crippen LogP contribution in [0.4, 0.5) is 0 Å². The fraction of sp³-hybridized carbons (Fsp3) is 0.400. The molecular weight excluding hydrogens is 270 g/mol. The number of hydrogen-bond donors (Lipinski definition) is 2. The predicted molar refractivity (Wildman–Crippen MR) is 88.9 cm³/mol. The van der Waals surface area contributed by atoms with Crippen molar-refractivity contribution in [3.05, 3.63) is 70.8 Å². The van der Waals surface area contributed by atoms with E-state index in [1.165, 1.54) is 11.1 Å². The number of nitrogens with one attached hydrogen (secondary N) is 1. The van der Waals surface area contributed by atoms with E-state index in [9.17, 15) is 5.11 Å². The van der Waals surface area contributed by atoms with Crippen molar-refractivity contribution in [3.8, 4) is 0 Å². The first-order chi connectivity index (χ1) is 10.8. The summed E-state index contributed by atoms with van der Waals surface area (Å²) in [5.74, 6) is 0.286. The van der Waals surface area contributed by atoms with Gasteiger partial charge in [-0.1, -0.05) is 48.5 Å². The van der Waals surface area contributed by atoms with E-state index in [4.69, 9.17) is 0 Å². The van der Waals surface area contributed by atoms with Gasteiger partial charge in [0.2, 0.25) is 0 Å². The van der Waals surface area contributed by atoms with Gasteiger partial charge in [0.25, 0.3) is 0 Å². The molecule has 2 aliphatic rings. The number of piperidine rings is 1. The molecule has 4 rings (SSSR count). The van der Waals surface area contributed by atoms with Gasteiger partial charge in [-0.05, 0) is 66.9 Å². The minimum Gasteiger partial charge on any atom is -0.380 e. The third-order valence-electron chi connectivity index (χ3n) is 5.45. The number of aliphatic hydroxyl groups is 1. The molecule has 1 saturated heterocycles. The molecule has 1 aliphatic carbocycles. The lowest BCUT2D eigenvalue weighted by Crippen LogP contribution is -2.43. The van der Waals surface area contributed by atoms with Gasteiger partial charge in [0.15, 0.2) is 0 Å². The molecule has 0 unspecified atom stereocenters. The smallest absolute Gasteiger partial charge is 0.118 e. The van der Waals surface area contributed by atoms with Crippen molar-refractivity contribution in [2.24, 2.45) is 5.92 Å². The van der Waals surface area contributed by atoms with Crippen molar-refractivity contribution in [3.63, 3.8) is 0 Å². The highest BCUT2D eigenvalue weighted by atomic mass is 16.3. The van der Waals surface area contributed by atoms with Gasteiger partial charge >= 0.3 is 0 Å². The Morgan fingerprint density at radius 2 is 1.32 bits per heavy atom. The minimum absolute atomic E-state index is 0.286. The lowest BCUT2D eigenvalue weighted by Gasteiger charge is -2.40. The van der Waals surface area contributed by atoms with Crippen LogP contribution in [0.5, 0.6) is 0 Å². The van der Waals surface area contributed by atoms with Gasteiger partial charge in [0, 0.05) is 0 Å². The quantitative estimate of drug-likeness (QED) is 0.847. The number of benzene rings is 2. The van der Waals surface area contributed by atoms with Gasteiger partial charge in [-0.2, -0.15) is 0 Å². The maximum absolute atomic E-state index is 12.0. The summed E-state index contributed by atoms with van der Waals surface area (Å²) in [6, 6.07) is 17.0. The molecule has 2 N–H and O–H groups in total. The highest BCUT2D eigenvalue weighted by Crippen LogP contribution is 2.45. The summed E-state index contributed by atoms with van der Waals surface area (Å²) in [4.78, 5) is 0. The molecule has 2 heteroatoms. The maximum atomic E-state index is 12.0. The number of fused-ring (bicyclic) bond motifs is 2.